The SMILES string of the molecule is CN=C(NCc1nc(C)c(C)s1)NC1CCCN(c2cc(C)ccc2F)C1.I. The lowest BCUT2D eigenvalue weighted by Crippen LogP contribution is -2.51. The number of anilines is 1. The first-order chi connectivity index (χ1) is 13.0. The van der Waals surface area contributed by atoms with Crippen molar-refractivity contribution in [3.05, 3.63) is 45.2 Å². The average molecular weight is 517 g/mol. The summed E-state index contributed by atoms with van der Waals surface area (Å²) in [6.07, 6.45) is 2.06. The van der Waals surface area contributed by atoms with E-state index >= 15 is 0 Å². The Morgan fingerprint density at radius 2 is 2.14 bits per heavy atom. The summed E-state index contributed by atoms with van der Waals surface area (Å²) < 4.78 is 14.2. The molecular formula is C20H29FIN5S. The second kappa shape index (κ2) is 10.4. The smallest absolute Gasteiger partial charge is 0.191 e. The van der Waals surface area contributed by atoms with Crippen molar-refractivity contribution < 1.29 is 4.39 Å². The van der Waals surface area contributed by atoms with Crippen molar-refractivity contribution in [2.75, 3.05) is 25.0 Å². The average Bonchev–Trinajstić information content (AvgIpc) is 2.98. The monoisotopic (exact) mass is 517 g/mol. The fourth-order valence-electron chi connectivity index (χ4n) is 3.34. The highest BCUT2D eigenvalue weighted by atomic mass is 127. The number of aromatic nitrogens is 1. The number of aliphatic imine (C=N–C) groups is 1. The quantitative estimate of drug-likeness (QED) is 0.364. The maximum atomic E-state index is 14.2. The Hall–Kier alpha value is -1.42. The minimum Gasteiger partial charge on any atom is -0.367 e. The molecule has 0 radical (unpaired) electrons. The summed E-state index contributed by atoms with van der Waals surface area (Å²) in [5.41, 5.74) is 2.86. The van der Waals surface area contributed by atoms with Gasteiger partial charge in [-0.2, -0.15) is 0 Å². The fourth-order valence-corrected chi connectivity index (χ4v) is 4.21. The van der Waals surface area contributed by atoms with E-state index in [0.29, 0.717) is 12.2 Å². The molecule has 0 spiro atoms. The van der Waals surface area contributed by atoms with E-state index < -0.39 is 0 Å². The molecular weight excluding hydrogens is 488 g/mol. The maximum Gasteiger partial charge on any atom is 0.191 e. The highest BCUT2D eigenvalue weighted by molar-refractivity contribution is 14.0. The van der Waals surface area contributed by atoms with E-state index in [9.17, 15) is 4.39 Å². The molecule has 1 saturated heterocycles. The molecule has 0 bridgehead atoms. The van der Waals surface area contributed by atoms with Crippen molar-refractivity contribution in [3.63, 3.8) is 0 Å². The van der Waals surface area contributed by atoms with Gasteiger partial charge in [0.15, 0.2) is 5.96 Å². The van der Waals surface area contributed by atoms with Gasteiger partial charge in [-0.1, -0.05) is 6.07 Å². The molecule has 1 atom stereocenters. The Kier molecular flexibility index (Phi) is 8.48. The predicted octanol–water partition coefficient (Wildman–Crippen LogP) is 4.16. The highest BCUT2D eigenvalue weighted by Crippen LogP contribution is 2.24. The number of nitrogens with one attached hydrogen (secondary N) is 2. The summed E-state index contributed by atoms with van der Waals surface area (Å²) >= 11 is 1.71. The molecule has 0 saturated carbocycles. The largest absolute Gasteiger partial charge is 0.367 e. The van der Waals surface area contributed by atoms with E-state index in [1.807, 2.05) is 26.0 Å². The van der Waals surface area contributed by atoms with Crippen molar-refractivity contribution in [2.24, 2.45) is 4.99 Å². The van der Waals surface area contributed by atoms with Crippen LogP contribution in [0.5, 0.6) is 0 Å². The number of benzene rings is 1. The van der Waals surface area contributed by atoms with Crippen LogP contribution in [-0.2, 0) is 6.54 Å². The number of piperidine rings is 1. The van der Waals surface area contributed by atoms with Crippen LogP contribution in [0.4, 0.5) is 10.1 Å². The Balaban J connectivity index is 0.00000280. The zero-order valence-corrected chi connectivity index (χ0v) is 20.0. The standard InChI is InChI=1S/C20H28FN5S.HI/c1-13-7-8-17(21)18(10-13)26-9-5-6-16(12-26)25-20(22-4)23-11-19-24-14(2)15(3)27-19;/h7-8,10,16H,5-6,9,11-12H2,1-4H3,(H2,22,23,25);1H. The molecule has 0 amide bonds. The lowest BCUT2D eigenvalue weighted by molar-refractivity contribution is 0.462. The molecule has 1 aliphatic heterocycles. The Labute approximate surface area is 187 Å². The number of nitrogens with zero attached hydrogens (tertiary/aromatic N) is 3. The molecule has 1 unspecified atom stereocenters. The zero-order valence-electron chi connectivity index (χ0n) is 16.9. The lowest BCUT2D eigenvalue weighted by atomic mass is 10.0. The summed E-state index contributed by atoms with van der Waals surface area (Å²) in [4.78, 5) is 12.3. The molecule has 2 heterocycles. The third kappa shape index (κ3) is 5.79. The van der Waals surface area contributed by atoms with E-state index in [1.165, 1.54) is 4.88 Å². The zero-order chi connectivity index (χ0) is 19.4. The second-order valence-corrected chi connectivity index (χ2v) is 8.35. The van der Waals surface area contributed by atoms with Gasteiger partial charge in [0.1, 0.15) is 10.8 Å². The highest BCUT2D eigenvalue weighted by Gasteiger charge is 2.23. The van der Waals surface area contributed by atoms with Crippen LogP contribution >= 0.6 is 35.3 Å². The number of hydrogen-bond acceptors (Lipinski definition) is 4. The topological polar surface area (TPSA) is 52.6 Å². The van der Waals surface area contributed by atoms with Crippen LogP contribution < -0.4 is 15.5 Å². The van der Waals surface area contributed by atoms with Gasteiger partial charge in [0.2, 0.25) is 0 Å². The Morgan fingerprint density at radius 3 is 2.82 bits per heavy atom. The van der Waals surface area contributed by atoms with E-state index in [-0.39, 0.29) is 35.8 Å². The third-order valence-corrected chi connectivity index (χ3v) is 5.98. The molecule has 1 aliphatic rings. The number of rotatable bonds is 4. The summed E-state index contributed by atoms with van der Waals surface area (Å²) in [6, 6.07) is 5.52. The van der Waals surface area contributed by atoms with Crippen LogP contribution in [0.2, 0.25) is 0 Å². The van der Waals surface area contributed by atoms with E-state index in [0.717, 1.165) is 48.2 Å². The van der Waals surface area contributed by atoms with Crippen LogP contribution in [0.15, 0.2) is 23.2 Å². The van der Waals surface area contributed by atoms with Gasteiger partial charge < -0.3 is 15.5 Å². The number of halogens is 2. The van der Waals surface area contributed by atoms with Gasteiger partial charge in [-0.05, 0) is 51.3 Å². The number of guanidine groups is 1. The van der Waals surface area contributed by atoms with Crippen molar-refractivity contribution in [2.45, 2.75) is 46.2 Å². The second-order valence-electron chi connectivity index (χ2n) is 7.06. The van der Waals surface area contributed by atoms with Gasteiger partial charge in [0, 0.05) is 31.1 Å². The molecule has 5 nitrogen and oxygen atoms in total. The lowest BCUT2D eigenvalue weighted by Gasteiger charge is -2.35. The molecule has 2 aromatic rings. The maximum absolute atomic E-state index is 14.2. The molecule has 28 heavy (non-hydrogen) atoms. The first-order valence-corrected chi connectivity index (χ1v) is 10.2. The van der Waals surface area contributed by atoms with Gasteiger partial charge in [-0.3, -0.25) is 4.99 Å². The summed E-state index contributed by atoms with van der Waals surface area (Å²) in [5.74, 6) is 0.607. The molecule has 154 valence electrons. The van der Waals surface area contributed by atoms with Crippen LogP contribution in [0, 0.1) is 26.6 Å². The summed E-state index contributed by atoms with van der Waals surface area (Å²) in [5, 5.41) is 7.88. The third-order valence-electron chi connectivity index (χ3n) is 4.91. The van der Waals surface area contributed by atoms with Gasteiger partial charge in [0.05, 0.1) is 17.9 Å². The summed E-state index contributed by atoms with van der Waals surface area (Å²) in [6.45, 7) is 8.41. The minimum absolute atomic E-state index is 0. The Bertz CT molecular complexity index is 803. The molecule has 8 heteroatoms. The normalized spacial score (nSPS) is 17.2. The van der Waals surface area contributed by atoms with Crippen LogP contribution in [-0.4, -0.2) is 37.1 Å². The van der Waals surface area contributed by atoms with Gasteiger partial charge in [0.25, 0.3) is 0 Å². The number of hydrogen-bond donors (Lipinski definition) is 2. The first-order valence-electron chi connectivity index (χ1n) is 9.37. The van der Waals surface area contributed by atoms with E-state index in [2.05, 4.69) is 32.4 Å². The first kappa shape index (κ1) is 22.9. The van der Waals surface area contributed by atoms with Crippen molar-refractivity contribution >= 4 is 47.0 Å². The molecule has 0 aliphatic carbocycles. The van der Waals surface area contributed by atoms with Gasteiger partial charge >= 0.3 is 0 Å². The van der Waals surface area contributed by atoms with Crippen LogP contribution in [0.1, 0.15) is 34.0 Å². The van der Waals surface area contributed by atoms with Crippen LogP contribution in [0.25, 0.3) is 0 Å². The van der Waals surface area contributed by atoms with Crippen molar-refractivity contribution in [1.82, 2.24) is 15.6 Å². The number of thiazole rings is 1. The number of aryl methyl sites for hydroxylation is 3. The predicted molar refractivity (Wildman–Crippen MR) is 127 cm³/mol. The molecule has 1 fully saturated rings. The minimum atomic E-state index is -0.154. The van der Waals surface area contributed by atoms with Gasteiger partial charge in [-0.25, -0.2) is 9.37 Å². The van der Waals surface area contributed by atoms with Crippen LogP contribution in [0.3, 0.4) is 0 Å². The van der Waals surface area contributed by atoms with E-state index in [4.69, 9.17) is 0 Å². The molecule has 3 rings (SSSR count). The molecule has 1 aromatic heterocycles. The van der Waals surface area contributed by atoms with Gasteiger partial charge in [-0.15, -0.1) is 35.3 Å². The fraction of sp³-hybridized carbons (Fsp3) is 0.500. The van der Waals surface area contributed by atoms with E-state index in [1.54, 1.807) is 24.5 Å². The van der Waals surface area contributed by atoms with Crippen molar-refractivity contribution in [1.29, 1.82) is 0 Å². The van der Waals surface area contributed by atoms with Crippen molar-refractivity contribution in [3.8, 4) is 0 Å². The molecule has 1 aromatic carbocycles. The molecule has 2 N–H and O–H groups in total. The Morgan fingerprint density at radius 1 is 1.36 bits per heavy atom. The summed E-state index contributed by atoms with van der Waals surface area (Å²) in [7, 11) is 1.77.